The van der Waals surface area contributed by atoms with Gasteiger partial charge in [0.25, 0.3) is 6.43 Å². The SMILES string of the molecule is COc1cc(C(=O)O)nc(CN)c1C(F)F. The molecule has 0 saturated carbocycles. The second-order valence-corrected chi connectivity index (χ2v) is 2.88. The highest BCUT2D eigenvalue weighted by Gasteiger charge is 2.22. The molecule has 0 bridgehead atoms. The van der Waals surface area contributed by atoms with E-state index in [1.54, 1.807) is 0 Å². The van der Waals surface area contributed by atoms with Crippen molar-refractivity contribution in [2.45, 2.75) is 13.0 Å². The number of halogens is 2. The molecule has 88 valence electrons. The molecule has 5 nitrogen and oxygen atoms in total. The van der Waals surface area contributed by atoms with Gasteiger partial charge in [-0.05, 0) is 0 Å². The smallest absolute Gasteiger partial charge is 0.354 e. The van der Waals surface area contributed by atoms with Crippen LogP contribution in [0.15, 0.2) is 6.07 Å². The fourth-order valence-corrected chi connectivity index (χ4v) is 1.25. The van der Waals surface area contributed by atoms with Crippen molar-refractivity contribution in [2.75, 3.05) is 7.11 Å². The summed E-state index contributed by atoms with van der Waals surface area (Å²) in [5, 5.41) is 8.71. The average molecular weight is 232 g/mol. The topological polar surface area (TPSA) is 85.4 Å². The quantitative estimate of drug-likeness (QED) is 0.814. The Bertz CT molecular complexity index is 385. The molecular formula is C9H10F2N2O3. The van der Waals surface area contributed by atoms with Crippen molar-refractivity contribution in [3.63, 3.8) is 0 Å². The lowest BCUT2D eigenvalue weighted by molar-refractivity contribution is 0.0688. The first-order chi connectivity index (χ1) is 7.51. The van der Waals surface area contributed by atoms with Gasteiger partial charge in [-0.15, -0.1) is 0 Å². The van der Waals surface area contributed by atoms with Gasteiger partial charge in [-0.1, -0.05) is 0 Å². The van der Waals surface area contributed by atoms with E-state index in [1.807, 2.05) is 0 Å². The number of nitrogens with zero attached hydrogens (tertiary/aromatic N) is 1. The molecule has 1 aromatic rings. The number of hydrogen-bond acceptors (Lipinski definition) is 4. The number of methoxy groups -OCH3 is 1. The summed E-state index contributed by atoms with van der Waals surface area (Å²) in [6.07, 6.45) is -2.82. The third-order valence-electron chi connectivity index (χ3n) is 1.95. The fraction of sp³-hybridized carbons (Fsp3) is 0.333. The number of pyridine rings is 1. The number of alkyl halides is 2. The Hall–Kier alpha value is -1.76. The number of ether oxygens (including phenoxy) is 1. The summed E-state index contributed by atoms with van der Waals surface area (Å²) in [5.74, 6) is -1.54. The average Bonchev–Trinajstić information content (AvgIpc) is 2.26. The first-order valence-electron chi connectivity index (χ1n) is 4.30. The van der Waals surface area contributed by atoms with E-state index in [0.29, 0.717) is 0 Å². The number of aromatic carboxylic acids is 1. The molecule has 0 fully saturated rings. The van der Waals surface area contributed by atoms with Gasteiger partial charge in [-0.25, -0.2) is 18.6 Å². The van der Waals surface area contributed by atoms with Gasteiger partial charge in [-0.2, -0.15) is 0 Å². The highest BCUT2D eigenvalue weighted by molar-refractivity contribution is 5.86. The molecule has 0 unspecified atom stereocenters. The predicted octanol–water partition coefficient (Wildman–Crippen LogP) is 1.18. The largest absolute Gasteiger partial charge is 0.496 e. The molecule has 3 N–H and O–H groups in total. The molecule has 0 spiro atoms. The minimum absolute atomic E-state index is 0.174. The number of rotatable bonds is 4. The summed E-state index contributed by atoms with van der Waals surface area (Å²) in [4.78, 5) is 14.2. The van der Waals surface area contributed by atoms with E-state index in [-0.39, 0.29) is 23.7 Å². The van der Waals surface area contributed by atoms with Gasteiger partial charge in [0.1, 0.15) is 5.75 Å². The molecule has 1 heterocycles. The standard InChI is InChI=1S/C9H10F2N2O3/c1-16-6-2-4(9(14)15)13-5(3-12)7(6)8(10)11/h2,8H,3,12H2,1H3,(H,14,15). The Morgan fingerprint density at radius 3 is 2.69 bits per heavy atom. The maximum Gasteiger partial charge on any atom is 0.354 e. The first kappa shape index (κ1) is 12.3. The van der Waals surface area contributed by atoms with E-state index in [1.165, 1.54) is 7.11 Å². The van der Waals surface area contributed by atoms with Crippen LogP contribution < -0.4 is 10.5 Å². The summed E-state index contributed by atoms with van der Waals surface area (Å²) < 4.78 is 30.0. The number of carbonyl (C=O) groups is 1. The Labute approximate surface area is 89.9 Å². The Morgan fingerprint density at radius 2 is 2.31 bits per heavy atom. The molecule has 0 aromatic carbocycles. The van der Waals surface area contributed by atoms with Crippen molar-refractivity contribution < 1.29 is 23.4 Å². The lowest BCUT2D eigenvalue weighted by atomic mass is 10.1. The maximum atomic E-state index is 12.7. The number of hydrogen-bond donors (Lipinski definition) is 2. The van der Waals surface area contributed by atoms with E-state index in [4.69, 9.17) is 15.6 Å². The van der Waals surface area contributed by atoms with Gasteiger partial charge in [0, 0.05) is 12.6 Å². The van der Waals surface area contributed by atoms with Gasteiger partial charge < -0.3 is 15.6 Å². The van der Waals surface area contributed by atoms with Crippen LogP contribution >= 0.6 is 0 Å². The second kappa shape index (κ2) is 4.84. The normalized spacial score (nSPS) is 10.6. The lowest BCUT2D eigenvalue weighted by Gasteiger charge is -2.12. The van der Waals surface area contributed by atoms with Crippen molar-refractivity contribution in [3.05, 3.63) is 23.0 Å². The highest BCUT2D eigenvalue weighted by Crippen LogP contribution is 2.31. The molecule has 0 amide bonds. The molecule has 0 aliphatic rings. The molecule has 0 aliphatic heterocycles. The van der Waals surface area contributed by atoms with E-state index in [0.717, 1.165) is 6.07 Å². The zero-order chi connectivity index (χ0) is 12.3. The van der Waals surface area contributed by atoms with Crippen molar-refractivity contribution in [1.82, 2.24) is 4.98 Å². The van der Waals surface area contributed by atoms with Crippen molar-refractivity contribution >= 4 is 5.97 Å². The summed E-state index contributed by atoms with van der Waals surface area (Å²) in [5.41, 5.74) is 4.23. The van der Waals surface area contributed by atoms with Gasteiger partial charge in [0.2, 0.25) is 0 Å². The minimum atomic E-state index is -2.82. The van der Waals surface area contributed by atoms with E-state index < -0.39 is 18.0 Å². The van der Waals surface area contributed by atoms with E-state index >= 15 is 0 Å². The fourth-order valence-electron chi connectivity index (χ4n) is 1.25. The molecule has 1 aromatic heterocycles. The molecule has 0 aliphatic carbocycles. The van der Waals surface area contributed by atoms with E-state index in [2.05, 4.69) is 4.98 Å². The second-order valence-electron chi connectivity index (χ2n) is 2.88. The van der Waals surface area contributed by atoms with Gasteiger partial charge >= 0.3 is 5.97 Å². The molecule has 1 rings (SSSR count). The van der Waals surface area contributed by atoms with Crippen LogP contribution in [0.25, 0.3) is 0 Å². The van der Waals surface area contributed by atoms with Crippen LogP contribution in [0.5, 0.6) is 5.75 Å². The maximum absolute atomic E-state index is 12.7. The van der Waals surface area contributed by atoms with Crippen molar-refractivity contribution in [3.8, 4) is 5.75 Å². The molecule has 7 heteroatoms. The summed E-state index contributed by atoms with van der Waals surface area (Å²) >= 11 is 0. The molecular weight excluding hydrogens is 222 g/mol. The zero-order valence-corrected chi connectivity index (χ0v) is 8.41. The number of carboxylic acids is 1. The molecule has 0 radical (unpaired) electrons. The zero-order valence-electron chi connectivity index (χ0n) is 8.41. The van der Waals surface area contributed by atoms with Crippen molar-refractivity contribution in [2.24, 2.45) is 5.73 Å². The third-order valence-corrected chi connectivity index (χ3v) is 1.95. The van der Waals surface area contributed by atoms with E-state index in [9.17, 15) is 13.6 Å². The van der Waals surface area contributed by atoms with Gasteiger partial charge in [0.05, 0.1) is 18.4 Å². The lowest BCUT2D eigenvalue weighted by Crippen LogP contribution is -2.11. The monoisotopic (exact) mass is 232 g/mol. The van der Waals surface area contributed by atoms with Crippen LogP contribution in [-0.2, 0) is 6.54 Å². The predicted molar refractivity (Wildman–Crippen MR) is 50.6 cm³/mol. The molecule has 0 atom stereocenters. The van der Waals surface area contributed by atoms with Crippen LogP contribution in [0.1, 0.15) is 28.2 Å². The van der Waals surface area contributed by atoms with Crippen LogP contribution in [0, 0.1) is 0 Å². The number of nitrogens with two attached hydrogens (primary N) is 1. The third kappa shape index (κ3) is 2.25. The van der Waals surface area contributed by atoms with Crippen LogP contribution in [0.4, 0.5) is 8.78 Å². The molecule has 0 saturated heterocycles. The van der Waals surface area contributed by atoms with Crippen molar-refractivity contribution in [1.29, 1.82) is 0 Å². The first-order valence-corrected chi connectivity index (χ1v) is 4.30. The van der Waals surface area contributed by atoms with Gasteiger partial charge in [0.15, 0.2) is 5.69 Å². The van der Waals surface area contributed by atoms with Crippen LogP contribution in [-0.4, -0.2) is 23.2 Å². The summed E-state index contributed by atoms with van der Waals surface area (Å²) in [7, 11) is 1.17. The Kier molecular flexibility index (Phi) is 3.73. The molecule has 16 heavy (non-hydrogen) atoms. The Morgan fingerprint density at radius 1 is 1.69 bits per heavy atom. The summed E-state index contributed by atoms with van der Waals surface area (Å²) in [6, 6.07) is 0.947. The minimum Gasteiger partial charge on any atom is -0.496 e. The summed E-state index contributed by atoms with van der Waals surface area (Å²) in [6.45, 7) is -0.281. The van der Waals surface area contributed by atoms with Crippen LogP contribution in [0.3, 0.4) is 0 Å². The van der Waals surface area contributed by atoms with Gasteiger partial charge in [-0.3, -0.25) is 0 Å². The number of carboxylic acid groups (broad SMARTS) is 1. The Balaban J connectivity index is 3.42. The highest BCUT2D eigenvalue weighted by atomic mass is 19.3. The number of aromatic nitrogens is 1. The van der Waals surface area contributed by atoms with Crippen LogP contribution in [0.2, 0.25) is 0 Å².